The standard InChI is InChI=1S/C15H15Cl2N/c1-15(16,17)14(12-8-4-2-5-9-12)18-13-10-6-3-7-11-13/h2-11,14,18H,1H3. The molecule has 2 rings (SSSR count). The van der Waals surface area contributed by atoms with Crippen LogP contribution in [-0.4, -0.2) is 4.33 Å². The van der Waals surface area contributed by atoms with Gasteiger partial charge in [0.15, 0.2) is 0 Å². The molecular weight excluding hydrogens is 265 g/mol. The fraction of sp³-hybridized carbons (Fsp3) is 0.200. The Morgan fingerprint density at radius 2 is 1.39 bits per heavy atom. The second-order valence-corrected chi connectivity index (χ2v) is 6.07. The van der Waals surface area contributed by atoms with Crippen LogP contribution in [-0.2, 0) is 0 Å². The second kappa shape index (κ2) is 5.64. The minimum atomic E-state index is -0.892. The molecule has 94 valence electrons. The Morgan fingerprint density at radius 3 is 1.89 bits per heavy atom. The smallest absolute Gasteiger partial charge is 0.139 e. The molecule has 1 unspecified atom stereocenters. The van der Waals surface area contributed by atoms with Gasteiger partial charge < -0.3 is 5.32 Å². The molecule has 0 aliphatic heterocycles. The number of benzene rings is 2. The first-order valence-electron chi connectivity index (χ1n) is 5.82. The summed E-state index contributed by atoms with van der Waals surface area (Å²) < 4.78 is -0.892. The number of rotatable bonds is 4. The first-order valence-corrected chi connectivity index (χ1v) is 6.57. The Kier molecular flexibility index (Phi) is 4.15. The lowest BCUT2D eigenvalue weighted by atomic mass is 10.0. The summed E-state index contributed by atoms with van der Waals surface area (Å²) >= 11 is 12.6. The van der Waals surface area contributed by atoms with Gasteiger partial charge in [-0.2, -0.15) is 0 Å². The highest BCUT2D eigenvalue weighted by Gasteiger charge is 2.30. The monoisotopic (exact) mass is 279 g/mol. The van der Waals surface area contributed by atoms with E-state index in [-0.39, 0.29) is 6.04 Å². The van der Waals surface area contributed by atoms with Crippen molar-refractivity contribution in [2.45, 2.75) is 17.3 Å². The van der Waals surface area contributed by atoms with Crippen molar-refractivity contribution in [2.24, 2.45) is 0 Å². The average molecular weight is 280 g/mol. The van der Waals surface area contributed by atoms with Crippen LogP contribution in [0.1, 0.15) is 18.5 Å². The zero-order chi connectivity index (χ0) is 13.0. The molecule has 0 fully saturated rings. The molecule has 1 atom stereocenters. The van der Waals surface area contributed by atoms with Crippen molar-refractivity contribution >= 4 is 28.9 Å². The summed E-state index contributed by atoms with van der Waals surface area (Å²) in [5, 5.41) is 3.37. The minimum Gasteiger partial charge on any atom is -0.375 e. The van der Waals surface area contributed by atoms with E-state index in [1.165, 1.54) is 0 Å². The Balaban J connectivity index is 2.28. The molecule has 18 heavy (non-hydrogen) atoms. The summed E-state index contributed by atoms with van der Waals surface area (Å²) in [6.45, 7) is 1.80. The van der Waals surface area contributed by atoms with Crippen LogP contribution in [0.4, 0.5) is 5.69 Å². The van der Waals surface area contributed by atoms with Gasteiger partial charge in [-0.3, -0.25) is 0 Å². The van der Waals surface area contributed by atoms with Gasteiger partial charge in [-0.1, -0.05) is 71.7 Å². The van der Waals surface area contributed by atoms with Gasteiger partial charge in [-0.15, -0.1) is 0 Å². The van der Waals surface area contributed by atoms with E-state index >= 15 is 0 Å². The zero-order valence-electron chi connectivity index (χ0n) is 10.1. The number of halogens is 2. The lowest BCUT2D eigenvalue weighted by Crippen LogP contribution is -2.27. The fourth-order valence-corrected chi connectivity index (χ4v) is 2.21. The second-order valence-electron chi connectivity index (χ2n) is 4.31. The van der Waals surface area contributed by atoms with Crippen molar-refractivity contribution in [3.8, 4) is 0 Å². The molecule has 2 aromatic carbocycles. The third kappa shape index (κ3) is 3.41. The van der Waals surface area contributed by atoms with Gasteiger partial charge in [0.2, 0.25) is 0 Å². The fourth-order valence-electron chi connectivity index (χ4n) is 1.85. The maximum Gasteiger partial charge on any atom is 0.139 e. The number of anilines is 1. The van der Waals surface area contributed by atoms with Gasteiger partial charge >= 0.3 is 0 Å². The summed E-state index contributed by atoms with van der Waals surface area (Å²) in [6, 6.07) is 19.7. The summed E-state index contributed by atoms with van der Waals surface area (Å²) in [6.07, 6.45) is 0. The van der Waals surface area contributed by atoms with Crippen LogP contribution in [0.25, 0.3) is 0 Å². The number of nitrogens with one attached hydrogen (secondary N) is 1. The largest absolute Gasteiger partial charge is 0.375 e. The quantitative estimate of drug-likeness (QED) is 0.774. The molecule has 0 bridgehead atoms. The summed E-state index contributed by atoms with van der Waals surface area (Å²) in [5.41, 5.74) is 2.06. The third-order valence-corrected chi connectivity index (χ3v) is 3.16. The first-order chi connectivity index (χ1) is 8.57. The molecule has 0 amide bonds. The van der Waals surface area contributed by atoms with Crippen LogP contribution in [0.15, 0.2) is 60.7 Å². The molecule has 0 saturated carbocycles. The molecule has 0 aliphatic carbocycles. The average Bonchev–Trinajstić information content (AvgIpc) is 2.37. The maximum absolute atomic E-state index is 6.29. The van der Waals surface area contributed by atoms with Crippen LogP contribution in [0.5, 0.6) is 0 Å². The van der Waals surface area contributed by atoms with E-state index in [0.29, 0.717) is 0 Å². The SMILES string of the molecule is CC(Cl)(Cl)C(Nc1ccccc1)c1ccccc1. The maximum atomic E-state index is 6.29. The van der Waals surface area contributed by atoms with Gasteiger partial charge in [0.25, 0.3) is 0 Å². The van der Waals surface area contributed by atoms with E-state index in [9.17, 15) is 0 Å². The Morgan fingerprint density at radius 1 is 0.889 bits per heavy atom. The van der Waals surface area contributed by atoms with E-state index in [0.717, 1.165) is 11.3 Å². The molecule has 1 N–H and O–H groups in total. The Bertz CT molecular complexity index is 477. The highest BCUT2D eigenvalue weighted by molar-refractivity contribution is 6.48. The van der Waals surface area contributed by atoms with E-state index in [1.54, 1.807) is 6.92 Å². The molecule has 0 aromatic heterocycles. The van der Waals surface area contributed by atoms with Gasteiger partial charge in [-0.05, 0) is 24.6 Å². The van der Waals surface area contributed by atoms with Crippen LogP contribution < -0.4 is 5.32 Å². The van der Waals surface area contributed by atoms with Crippen LogP contribution in [0, 0.1) is 0 Å². The van der Waals surface area contributed by atoms with Crippen molar-refractivity contribution in [2.75, 3.05) is 5.32 Å². The predicted octanol–water partition coefficient (Wildman–Crippen LogP) is 5.03. The number of hydrogen-bond donors (Lipinski definition) is 1. The molecule has 2 aromatic rings. The predicted molar refractivity (Wildman–Crippen MR) is 79.4 cm³/mol. The zero-order valence-corrected chi connectivity index (χ0v) is 11.6. The van der Waals surface area contributed by atoms with Gasteiger partial charge in [0.05, 0.1) is 6.04 Å². The molecule has 0 aliphatic rings. The lowest BCUT2D eigenvalue weighted by Gasteiger charge is -2.28. The Labute approximate surface area is 118 Å². The van der Waals surface area contributed by atoms with Crippen LogP contribution >= 0.6 is 23.2 Å². The molecule has 0 spiro atoms. The summed E-state index contributed by atoms with van der Waals surface area (Å²) in [7, 11) is 0. The van der Waals surface area contributed by atoms with Gasteiger partial charge in [0, 0.05) is 5.69 Å². The van der Waals surface area contributed by atoms with Gasteiger partial charge in [-0.25, -0.2) is 0 Å². The van der Waals surface area contributed by atoms with Crippen LogP contribution in [0.3, 0.4) is 0 Å². The van der Waals surface area contributed by atoms with Crippen molar-refractivity contribution in [1.82, 2.24) is 0 Å². The number of alkyl halides is 2. The first kappa shape index (κ1) is 13.3. The van der Waals surface area contributed by atoms with E-state index in [1.807, 2.05) is 60.7 Å². The van der Waals surface area contributed by atoms with Crippen molar-refractivity contribution in [1.29, 1.82) is 0 Å². The molecule has 3 heteroatoms. The van der Waals surface area contributed by atoms with Gasteiger partial charge in [0.1, 0.15) is 4.33 Å². The van der Waals surface area contributed by atoms with Crippen molar-refractivity contribution in [3.05, 3.63) is 66.2 Å². The molecule has 0 radical (unpaired) electrons. The summed E-state index contributed by atoms with van der Waals surface area (Å²) in [5.74, 6) is 0. The van der Waals surface area contributed by atoms with Crippen LogP contribution in [0.2, 0.25) is 0 Å². The topological polar surface area (TPSA) is 12.0 Å². The van der Waals surface area contributed by atoms with E-state index in [4.69, 9.17) is 23.2 Å². The highest BCUT2D eigenvalue weighted by atomic mass is 35.5. The summed E-state index contributed by atoms with van der Waals surface area (Å²) in [4.78, 5) is 0. The number of hydrogen-bond acceptors (Lipinski definition) is 1. The molecule has 1 nitrogen and oxygen atoms in total. The Hall–Kier alpha value is -1.18. The molecular formula is C15H15Cl2N. The number of para-hydroxylation sites is 1. The highest BCUT2D eigenvalue weighted by Crippen LogP contribution is 2.37. The minimum absolute atomic E-state index is 0.163. The molecule has 0 saturated heterocycles. The lowest BCUT2D eigenvalue weighted by molar-refractivity contribution is 0.702. The van der Waals surface area contributed by atoms with Crippen molar-refractivity contribution in [3.63, 3.8) is 0 Å². The normalized spacial score (nSPS) is 13.1. The van der Waals surface area contributed by atoms with E-state index < -0.39 is 4.33 Å². The molecule has 0 heterocycles. The third-order valence-electron chi connectivity index (χ3n) is 2.72. The van der Waals surface area contributed by atoms with E-state index in [2.05, 4.69) is 5.32 Å². The van der Waals surface area contributed by atoms with Crippen molar-refractivity contribution < 1.29 is 0 Å².